The van der Waals surface area contributed by atoms with Gasteiger partial charge in [-0.3, -0.25) is 10.3 Å². The number of fused-ring (bicyclic) bond motifs is 3. The Kier molecular flexibility index (Phi) is 4.86. The molecular weight excluding hydrogens is 384 g/mol. The Morgan fingerprint density at radius 1 is 0.966 bits per heavy atom. The minimum absolute atomic E-state index is 0.133. The number of nitrogens with zero attached hydrogens (tertiary/aromatic N) is 5. The van der Waals surface area contributed by atoms with Crippen LogP contribution >= 0.6 is 11.6 Å². The Hall–Kier alpha value is -2.28. The summed E-state index contributed by atoms with van der Waals surface area (Å²) in [6, 6.07) is 16.9. The minimum atomic E-state index is 0.133. The van der Waals surface area contributed by atoms with Gasteiger partial charge < -0.3 is 14.7 Å². The van der Waals surface area contributed by atoms with E-state index in [2.05, 4.69) is 86.6 Å². The van der Waals surface area contributed by atoms with Gasteiger partial charge in [-0.25, -0.2) is 0 Å². The third-order valence-electron chi connectivity index (χ3n) is 6.22. The first-order chi connectivity index (χ1) is 14.1. The van der Waals surface area contributed by atoms with E-state index >= 15 is 0 Å². The van der Waals surface area contributed by atoms with Gasteiger partial charge in [0.05, 0.1) is 17.5 Å². The number of amidine groups is 1. The number of anilines is 3. The maximum Gasteiger partial charge on any atom is 0.127 e. The lowest BCUT2D eigenvalue weighted by atomic mass is 10.1. The Morgan fingerprint density at radius 3 is 2.48 bits per heavy atom. The van der Waals surface area contributed by atoms with Crippen LogP contribution < -0.4 is 15.2 Å². The minimum Gasteiger partial charge on any atom is -0.323 e. The molecule has 0 saturated carbocycles. The van der Waals surface area contributed by atoms with Crippen molar-refractivity contribution in [1.29, 1.82) is 0 Å². The van der Waals surface area contributed by atoms with E-state index in [9.17, 15) is 0 Å². The molecule has 2 aromatic carbocycles. The molecule has 1 fully saturated rings. The van der Waals surface area contributed by atoms with Crippen molar-refractivity contribution < 1.29 is 0 Å². The molecule has 152 valence electrons. The number of benzene rings is 2. The van der Waals surface area contributed by atoms with E-state index in [-0.39, 0.29) is 12.3 Å². The lowest BCUT2D eigenvalue weighted by Gasteiger charge is -2.44. The van der Waals surface area contributed by atoms with Gasteiger partial charge in [-0.1, -0.05) is 29.8 Å². The fourth-order valence-electron chi connectivity index (χ4n) is 4.70. The molecule has 2 aromatic rings. The number of likely N-dealkylation sites (N-methyl/N-ethyl adjacent to an activating group) is 1. The molecule has 7 heteroatoms. The maximum absolute atomic E-state index is 6.50. The molecule has 0 radical (unpaired) electrons. The van der Waals surface area contributed by atoms with Crippen LogP contribution in [0.3, 0.4) is 0 Å². The zero-order valence-electron chi connectivity index (χ0n) is 16.9. The number of para-hydroxylation sites is 1. The first-order valence-corrected chi connectivity index (χ1v) is 10.6. The lowest BCUT2D eigenvalue weighted by molar-refractivity contribution is 0.105. The van der Waals surface area contributed by atoms with E-state index in [4.69, 9.17) is 11.6 Å². The van der Waals surface area contributed by atoms with Gasteiger partial charge in [0.1, 0.15) is 12.0 Å². The molecule has 3 heterocycles. The fraction of sp³-hybridized carbons (Fsp3) is 0.409. The third-order valence-corrected chi connectivity index (χ3v) is 6.45. The standard InChI is InChI=1S/C22H27ClN6/c1-16-24-25-21-15-22(27-12-10-26(2)11-13-27)29(18-6-4-3-5-7-18)20-14-17(23)8-9-19(20)28(16)21/h3-9,14,21-22,25H,10-13,15H2,1-2H3. The molecule has 1 N–H and O–H groups in total. The summed E-state index contributed by atoms with van der Waals surface area (Å²) in [7, 11) is 2.20. The number of hydrogen-bond acceptors (Lipinski definition) is 6. The molecule has 0 bridgehead atoms. The third kappa shape index (κ3) is 3.35. The molecule has 0 aliphatic carbocycles. The summed E-state index contributed by atoms with van der Waals surface area (Å²) in [5.41, 5.74) is 6.84. The van der Waals surface area contributed by atoms with Crippen LogP contribution in [0.5, 0.6) is 0 Å². The van der Waals surface area contributed by atoms with Crippen LogP contribution in [0.4, 0.5) is 17.1 Å². The van der Waals surface area contributed by atoms with Gasteiger partial charge in [-0.05, 0) is 44.3 Å². The Morgan fingerprint density at radius 2 is 1.72 bits per heavy atom. The van der Waals surface area contributed by atoms with E-state index in [0.717, 1.165) is 54.8 Å². The highest BCUT2D eigenvalue weighted by molar-refractivity contribution is 6.31. The molecule has 0 aromatic heterocycles. The van der Waals surface area contributed by atoms with E-state index in [1.807, 2.05) is 6.07 Å². The second kappa shape index (κ2) is 7.52. The van der Waals surface area contributed by atoms with Gasteiger partial charge >= 0.3 is 0 Å². The van der Waals surface area contributed by atoms with Crippen molar-refractivity contribution in [2.24, 2.45) is 5.10 Å². The topological polar surface area (TPSA) is 37.4 Å². The smallest absolute Gasteiger partial charge is 0.127 e. The van der Waals surface area contributed by atoms with E-state index in [1.165, 1.54) is 5.69 Å². The van der Waals surface area contributed by atoms with Crippen LogP contribution in [0.25, 0.3) is 0 Å². The van der Waals surface area contributed by atoms with E-state index < -0.39 is 0 Å². The summed E-state index contributed by atoms with van der Waals surface area (Å²) in [5.74, 6) is 0.991. The molecule has 2 unspecified atom stereocenters. The zero-order valence-corrected chi connectivity index (χ0v) is 17.7. The lowest BCUT2D eigenvalue weighted by Crippen LogP contribution is -2.56. The van der Waals surface area contributed by atoms with Crippen molar-refractivity contribution in [3.8, 4) is 0 Å². The molecule has 5 rings (SSSR count). The molecule has 3 aliphatic rings. The van der Waals surface area contributed by atoms with Crippen molar-refractivity contribution in [3.05, 3.63) is 53.6 Å². The Labute approximate surface area is 177 Å². The quantitative estimate of drug-likeness (QED) is 0.819. The van der Waals surface area contributed by atoms with Crippen molar-refractivity contribution in [1.82, 2.24) is 15.2 Å². The SMILES string of the molecule is CC1=NNC2CC(N3CCN(C)CC3)N(c3ccccc3)c3cc(Cl)ccc3N12. The average Bonchev–Trinajstić information content (AvgIpc) is 3.02. The van der Waals surface area contributed by atoms with Crippen molar-refractivity contribution in [2.45, 2.75) is 25.7 Å². The van der Waals surface area contributed by atoms with Gasteiger partial charge in [0.2, 0.25) is 0 Å². The number of nitrogens with one attached hydrogen (secondary N) is 1. The summed E-state index contributed by atoms with van der Waals surface area (Å²) in [6.07, 6.45) is 1.28. The van der Waals surface area contributed by atoms with Crippen LogP contribution in [0, 0.1) is 0 Å². The molecule has 6 nitrogen and oxygen atoms in total. The highest BCUT2D eigenvalue weighted by Gasteiger charge is 2.40. The molecular formula is C22H27ClN6. The van der Waals surface area contributed by atoms with Gasteiger partial charge in [-0.15, -0.1) is 0 Å². The summed E-state index contributed by atoms with van der Waals surface area (Å²) in [5, 5.41) is 5.30. The second-order valence-corrected chi connectivity index (χ2v) is 8.50. The van der Waals surface area contributed by atoms with Gasteiger partial charge in [0.25, 0.3) is 0 Å². The molecule has 1 saturated heterocycles. The normalized spacial score (nSPS) is 25.1. The molecule has 0 amide bonds. The highest BCUT2D eigenvalue weighted by Crippen LogP contribution is 2.44. The maximum atomic E-state index is 6.50. The predicted molar refractivity (Wildman–Crippen MR) is 120 cm³/mol. The monoisotopic (exact) mass is 410 g/mol. The van der Waals surface area contributed by atoms with Crippen LogP contribution in [0.15, 0.2) is 53.6 Å². The van der Waals surface area contributed by atoms with Gasteiger partial charge in [0.15, 0.2) is 0 Å². The Bertz CT molecular complexity index is 909. The predicted octanol–water partition coefficient (Wildman–Crippen LogP) is 3.52. The first-order valence-electron chi connectivity index (χ1n) is 10.3. The number of rotatable bonds is 2. The fourth-order valence-corrected chi connectivity index (χ4v) is 4.86. The van der Waals surface area contributed by atoms with Crippen molar-refractivity contribution in [2.75, 3.05) is 43.0 Å². The van der Waals surface area contributed by atoms with Crippen LogP contribution in [-0.4, -0.2) is 61.2 Å². The summed E-state index contributed by atoms with van der Waals surface area (Å²) >= 11 is 6.50. The van der Waals surface area contributed by atoms with E-state index in [0.29, 0.717) is 0 Å². The highest BCUT2D eigenvalue weighted by atomic mass is 35.5. The van der Waals surface area contributed by atoms with Crippen molar-refractivity contribution in [3.63, 3.8) is 0 Å². The number of piperazine rings is 1. The summed E-state index contributed by atoms with van der Waals surface area (Å²) in [4.78, 5) is 9.80. The Balaban J connectivity index is 1.66. The molecule has 0 spiro atoms. The zero-order chi connectivity index (χ0) is 20.0. The number of halogens is 1. The molecule has 2 atom stereocenters. The largest absolute Gasteiger partial charge is 0.323 e. The molecule has 29 heavy (non-hydrogen) atoms. The number of hydrazone groups is 1. The van der Waals surface area contributed by atoms with Crippen LogP contribution in [0.1, 0.15) is 13.3 Å². The van der Waals surface area contributed by atoms with Gasteiger partial charge in [-0.2, -0.15) is 5.10 Å². The van der Waals surface area contributed by atoms with Gasteiger partial charge in [0, 0.05) is 43.3 Å². The summed E-state index contributed by atoms with van der Waals surface area (Å²) < 4.78 is 0. The molecule has 3 aliphatic heterocycles. The first kappa shape index (κ1) is 18.7. The summed E-state index contributed by atoms with van der Waals surface area (Å²) in [6.45, 7) is 6.33. The number of hydrogen-bond donors (Lipinski definition) is 1. The second-order valence-electron chi connectivity index (χ2n) is 8.07. The van der Waals surface area contributed by atoms with Crippen molar-refractivity contribution >= 4 is 34.5 Å². The van der Waals surface area contributed by atoms with Crippen LogP contribution in [0.2, 0.25) is 5.02 Å². The van der Waals surface area contributed by atoms with Crippen LogP contribution in [-0.2, 0) is 0 Å². The van der Waals surface area contributed by atoms with E-state index in [1.54, 1.807) is 0 Å². The average molecular weight is 411 g/mol.